The van der Waals surface area contributed by atoms with E-state index in [0.29, 0.717) is 12.1 Å². The lowest BCUT2D eigenvalue weighted by atomic mass is 10.1. The monoisotopic (exact) mass is 269 g/mol. The van der Waals surface area contributed by atoms with Gasteiger partial charge in [0.25, 0.3) is 5.91 Å². The van der Waals surface area contributed by atoms with Crippen LogP contribution in [0.1, 0.15) is 15.9 Å². The molecule has 0 heterocycles. The number of carbonyl (C=O) groups is 1. The van der Waals surface area contributed by atoms with Crippen molar-refractivity contribution in [1.82, 2.24) is 0 Å². The van der Waals surface area contributed by atoms with E-state index in [0.717, 1.165) is 16.9 Å². The molecule has 0 fully saturated rings. The quantitative estimate of drug-likeness (QED) is 0.896. The second kappa shape index (κ2) is 6.21. The summed E-state index contributed by atoms with van der Waals surface area (Å²) >= 11 is 0. The van der Waals surface area contributed by atoms with Crippen molar-refractivity contribution < 1.29 is 4.79 Å². The molecule has 1 amide bonds. The molecule has 4 nitrogen and oxygen atoms in total. The van der Waals surface area contributed by atoms with Crippen molar-refractivity contribution in [3.05, 3.63) is 59.7 Å². The number of nitrogens with one attached hydrogen (secondary N) is 1. The highest BCUT2D eigenvalue weighted by Crippen LogP contribution is 2.16. The lowest BCUT2D eigenvalue weighted by molar-refractivity contribution is 0.102. The average molecular weight is 269 g/mol. The van der Waals surface area contributed by atoms with Gasteiger partial charge >= 0.3 is 0 Å². The Morgan fingerprint density at radius 2 is 1.65 bits per heavy atom. The minimum absolute atomic E-state index is 0.119. The smallest absolute Gasteiger partial charge is 0.255 e. The van der Waals surface area contributed by atoms with Crippen LogP contribution in [0, 0.1) is 0 Å². The van der Waals surface area contributed by atoms with E-state index in [2.05, 4.69) is 5.32 Å². The van der Waals surface area contributed by atoms with E-state index >= 15 is 0 Å². The third-order valence-corrected chi connectivity index (χ3v) is 3.09. The lowest BCUT2D eigenvalue weighted by Crippen LogP contribution is -2.12. The van der Waals surface area contributed by atoms with Crippen molar-refractivity contribution in [3.8, 4) is 0 Å². The third-order valence-electron chi connectivity index (χ3n) is 3.09. The molecule has 0 radical (unpaired) electrons. The maximum Gasteiger partial charge on any atom is 0.255 e. The molecule has 4 heteroatoms. The molecule has 3 N–H and O–H groups in total. The Morgan fingerprint density at radius 3 is 2.15 bits per heavy atom. The summed E-state index contributed by atoms with van der Waals surface area (Å²) < 4.78 is 0. The Labute approximate surface area is 119 Å². The Balaban J connectivity index is 2.06. The maximum absolute atomic E-state index is 12.1. The molecule has 0 bridgehead atoms. The first-order valence-corrected chi connectivity index (χ1v) is 6.48. The van der Waals surface area contributed by atoms with Crippen LogP contribution in [0.3, 0.4) is 0 Å². The largest absolute Gasteiger partial charge is 0.378 e. The van der Waals surface area contributed by atoms with Crippen molar-refractivity contribution in [3.63, 3.8) is 0 Å². The minimum Gasteiger partial charge on any atom is -0.378 e. The van der Waals surface area contributed by atoms with Crippen LogP contribution in [0.15, 0.2) is 48.5 Å². The van der Waals surface area contributed by atoms with Gasteiger partial charge in [0.2, 0.25) is 0 Å². The van der Waals surface area contributed by atoms with Gasteiger partial charge in [0.1, 0.15) is 0 Å². The van der Waals surface area contributed by atoms with Crippen LogP contribution in [-0.2, 0) is 6.54 Å². The molecule has 0 aromatic heterocycles. The molecule has 0 atom stereocenters. The molecule has 0 saturated carbocycles. The Morgan fingerprint density at radius 1 is 1.05 bits per heavy atom. The van der Waals surface area contributed by atoms with Crippen LogP contribution in [0.4, 0.5) is 11.4 Å². The number of amides is 1. The Hall–Kier alpha value is -2.33. The number of nitrogens with zero attached hydrogens (tertiary/aromatic N) is 1. The molecule has 104 valence electrons. The summed E-state index contributed by atoms with van der Waals surface area (Å²) in [4.78, 5) is 14.1. The van der Waals surface area contributed by atoms with Crippen molar-refractivity contribution in [2.45, 2.75) is 6.54 Å². The van der Waals surface area contributed by atoms with E-state index in [1.807, 2.05) is 55.4 Å². The number of benzene rings is 2. The fraction of sp³-hybridized carbons (Fsp3) is 0.188. The van der Waals surface area contributed by atoms with Gasteiger partial charge in [0.05, 0.1) is 0 Å². The SMILES string of the molecule is CN(C)c1ccc(NC(=O)c2ccc(CN)cc2)cc1. The Kier molecular flexibility index (Phi) is 4.38. The molecule has 0 unspecified atom stereocenters. The molecular weight excluding hydrogens is 250 g/mol. The van der Waals surface area contributed by atoms with E-state index in [1.165, 1.54) is 0 Å². The first kappa shape index (κ1) is 14.1. The van der Waals surface area contributed by atoms with Crippen LogP contribution in [0.25, 0.3) is 0 Å². The molecular formula is C16H19N3O. The highest BCUT2D eigenvalue weighted by molar-refractivity contribution is 6.04. The highest BCUT2D eigenvalue weighted by atomic mass is 16.1. The summed E-state index contributed by atoms with van der Waals surface area (Å²) in [6, 6.07) is 15.0. The van der Waals surface area contributed by atoms with Gasteiger partial charge in [0, 0.05) is 37.6 Å². The Bertz CT molecular complexity index is 574. The molecule has 20 heavy (non-hydrogen) atoms. The van der Waals surface area contributed by atoms with E-state index in [-0.39, 0.29) is 5.91 Å². The zero-order chi connectivity index (χ0) is 14.5. The van der Waals surface area contributed by atoms with Gasteiger partial charge in [-0.25, -0.2) is 0 Å². The number of hydrogen-bond acceptors (Lipinski definition) is 3. The fourth-order valence-electron chi connectivity index (χ4n) is 1.84. The van der Waals surface area contributed by atoms with Crippen molar-refractivity contribution >= 4 is 17.3 Å². The standard InChI is InChI=1S/C16H19N3O/c1-19(2)15-9-7-14(8-10-15)18-16(20)13-5-3-12(11-17)4-6-13/h3-10H,11,17H2,1-2H3,(H,18,20). The predicted octanol–water partition coefficient (Wildman–Crippen LogP) is 2.46. The summed E-state index contributed by atoms with van der Waals surface area (Å²) in [5, 5.41) is 2.87. The van der Waals surface area contributed by atoms with Crippen molar-refractivity contribution in [1.29, 1.82) is 0 Å². The number of anilines is 2. The number of nitrogens with two attached hydrogens (primary N) is 1. The topological polar surface area (TPSA) is 58.4 Å². The van der Waals surface area contributed by atoms with Crippen LogP contribution in [0.2, 0.25) is 0 Å². The van der Waals surface area contributed by atoms with Gasteiger partial charge in [-0.3, -0.25) is 4.79 Å². The van der Waals surface area contributed by atoms with Crippen LogP contribution in [0.5, 0.6) is 0 Å². The predicted molar refractivity (Wildman–Crippen MR) is 83.1 cm³/mol. The van der Waals surface area contributed by atoms with E-state index < -0.39 is 0 Å². The van der Waals surface area contributed by atoms with Crippen LogP contribution < -0.4 is 16.0 Å². The number of rotatable bonds is 4. The lowest BCUT2D eigenvalue weighted by Gasteiger charge is -2.13. The number of carbonyl (C=O) groups excluding carboxylic acids is 1. The zero-order valence-corrected chi connectivity index (χ0v) is 11.8. The second-order valence-corrected chi connectivity index (χ2v) is 4.80. The molecule has 0 aliphatic carbocycles. The third kappa shape index (κ3) is 3.36. The van der Waals surface area contributed by atoms with Crippen molar-refractivity contribution in [2.75, 3.05) is 24.3 Å². The second-order valence-electron chi connectivity index (χ2n) is 4.80. The van der Waals surface area contributed by atoms with Gasteiger partial charge in [0.15, 0.2) is 0 Å². The van der Waals surface area contributed by atoms with E-state index in [1.54, 1.807) is 12.1 Å². The molecule has 0 spiro atoms. The highest BCUT2D eigenvalue weighted by Gasteiger charge is 2.06. The summed E-state index contributed by atoms with van der Waals surface area (Å²) in [5.41, 5.74) is 9.04. The van der Waals surface area contributed by atoms with Gasteiger partial charge in [-0.15, -0.1) is 0 Å². The normalized spacial score (nSPS) is 10.2. The van der Waals surface area contributed by atoms with Gasteiger partial charge in [-0.2, -0.15) is 0 Å². The van der Waals surface area contributed by atoms with Crippen molar-refractivity contribution in [2.24, 2.45) is 5.73 Å². The molecule has 0 saturated heterocycles. The molecule has 0 aliphatic rings. The van der Waals surface area contributed by atoms with E-state index in [9.17, 15) is 4.79 Å². The summed E-state index contributed by atoms with van der Waals surface area (Å²) in [6.07, 6.45) is 0. The first-order chi connectivity index (χ1) is 9.60. The van der Waals surface area contributed by atoms with E-state index in [4.69, 9.17) is 5.73 Å². The van der Waals surface area contributed by atoms with Crippen LogP contribution >= 0.6 is 0 Å². The van der Waals surface area contributed by atoms with Gasteiger partial charge < -0.3 is 16.0 Å². The minimum atomic E-state index is -0.119. The molecule has 2 aromatic rings. The summed E-state index contributed by atoms with van der Waals surface area (Å²) in [7, 11) is 3.96. The molecule has 2 rings (SSSR count). The summed E-state index contributed by atoms with van der Waals surface area (Å²) in [6.45, 7) is 0.480. The molecule has 2 aromatic carbocycles. The first-order valence-electron chi connectivity index (χ1n) is 6.48. The zero-order valence-electron chi connectivity index (χ0n) is 11.8. The van der Waals surface area contributed by atoms with Crippen LogP contribution in [-0.4, -0.2) is 20.0 Å². The maximum atomic E-state index is 12.1. The van der Waals surface area contributed by atoms with Gasteiger partial charge in [-0.1, -0.05) is 12.1 Å². The fourth-order valence-corrected chi connectivity index (χ4v) is 1.84. The summed E-state index contributed by atoms with van der Waals surface area (Å²) in [5.74, 6) is -0.119. The van der Waals surface area contributed by atoms with Gasteiger partial charge in [-0.05, 0) is 42.0 Å². The average Bonchev–Trinajstić information content (AvgIpc) is 2.48. The number of hydrogen-bond donors (Lipinski definition) is 2. The molecule has 0 aliphatic heterocycles.